The maximum absolute atomic E-state index is 11.3. The number of aromatic amines is 2. The third kappa shape index (κ3) is 1.98. The first-order chi connectivity index (χ1) is 7.16. The Morgan fingerprint density at radius 1 is 1.47 bits per heavy atom. The molecular formula is C9H12N4O2. The minimum Gasteiger partial charge on any atom is -0.355 e. The Bertz CT molecular complexity index is 500. The molecule has 0 saturated carbocycles. The van der Waals surface area contributed by atoms with Crippen molar-refractivity contribution in [3.05, 3.63) is 32.1 Å². The highest BCUT2D eigenvalue weighted by molar-refractivity contribution is 5.57. The van der Waals surface area contributed by atoms with Crippen LogP contribution in [0.15, 0.2) is 14.6 Å². The zero-order chi connectivity index (χ0) is 10.8. The third-order valence-corrected chi connectivity index (χ3v) is 2.41. The molecule has 15 heavy (non-hydrogen) atoms. The van der Waals surface area contributed by atoms with Crippen LogP contribution in [0.1, 0.15) is 11.3 Å². The summed E-state index contributed by atoms with van der Waals surface area (Å²) in [4.78, 5) is 33.2. The number of aromatic nitrogens is 2. The van der Waals surface area contributed by atoms with Gasteiger partial charge in [0.2, 0.25) is 0 Å². The predicted molar refractivity (Wildman–Crippen MR) is 56.2 cm³/mol. The monoisotopic (exact) mass is 208 g/mol. The molecule has 0 bridgehead atoms. The van der Waals surface area contributed by atoms with E-state index in [1.54, 1.807) is 13.3 Å². The van der Waals surface area contributed by atoms with Crippen molar-refractivity contribution in [3.63, 3.8) is 0 Å². The average molecular weight is 208 g/mol. The maximum Gasteiger partial charge on any atom is 0.325 e. The molecule has 0 amide bonds. The number of nitrogens with zero attached hydrogens (tertiary/aromatic N) is 2. The van der Waals surface area contributed by atoms with Gasteiger partial charge in [-0.1, -0.05) is 0 Å². The maximum atomic E-state index is 11.3. The third-order valence-electron chi connectivity index (χ3n) is 2.41. The van der Waals surface area contributed by atoms with Gasteiger partial charge in [-0.15, -0.1) is 0 Å². The van der Waals surface area contributed by atoms with Gasteiger partial charge in [-0.05, 0) is 6.92 Å². The summed E-state index contributed by atoms with van der Waals surface area (Å²) in [5.74, 6) is 0. The molecule has 6 nitrogen and oxygen atoms in total. The Hall–Kier alpha value is -1.85. The lowest BCUT2D eigenvalue weighted by Gasteiger charge is -2.14. The molecular weight excluding hydrogens is 196 g/mol. The van der Waals surface area contributed by atoms with Crippen LogP contribution in [0.5, 0.6) is 0 Å². The quantitative estimate of drug-likeness (QED) is 0.668. The molecule has 2 rings (SSSR count). The summed E-state index contributed by atoms with van der Waals surface area (Å²) in [5, 5.41) is 0. The number of rotatable bonds is 2. The van der Waals surface area contributed by atoms with Gasteiger partial charge in [0.15, 0.2) is 0 Å². The first-order valence-electron chi connectivity index (χ1n) is 4.73. The molecule has 6 heteroatoms. The molecule has 0 fully saturated rings. The summed E-state index contributed by atoms with van der Waals surface area (Å²) in [5.41, 5.74) is 0.411. The van der Waals surface area contributed by atoms with E-state index < -0.39 is 5.69 Å². The molecule has 1 aliphatic heterocycles. The summed E-state index contributed by atoms with van der Waals surface area (Å²) >= 11 is 0. The number of hydrogen-bond donors (Lipinski definition) is 2. The molecule has 0 saturated heterocycles. The second-order valence-electron chi connectivity index (χ2n) is 3.50. The first kappa shape index (κ1) is 9.70. The van der Waals surface area contributed by atoms with Gasteiger partial charge in [-0.2, -0.15) is 0 Å². The van der Waals surface area contributed by atoms with Gasteiger partial charge >= 0.3 is 5.69 Å². The minimum atomic E-state index is -0.461. The molecule has 0 aliphatic carbocycles. The number of hydrogen-bond acceptors (Lipinski definition) is 4. The fourth-order valence-corrected chi connectivity index (χ4v) is 1.49. The predicted octanol–water partition coefficient (Wildman–Crippen LogP) is -0.784. The van der Waals surface area contributed by atoms with Crippen LogP contribution in [0.2, 0.25) is 0 Å². The summed E-state index contributed by atoms with van der Waals surface area (Å²) < 4.78 is 0. The summed E-state index contributed by atoms with van der Waals surface area (Å²) in [6, 6.07) is 0. The van der Waals surface area contributed by atoms with Crippen LogP contribution in [0.4, 0.5) is 0 Å². The van der Waals surface area contributed by atoms with E-state index in [9.17, 15) is 9.59 Å². The summed E-state index contributed by atoms with van der Waals surface area (Å²) in [6.07, 6.45) is 1.74. The molecule has 80 valence electrons. The number of nitrogens with one attached hydrogen (secondary N) is 2. The highest BCUT2D eigenvalue weighted by Gasteiger charge is 2.10. The van der Waals surface area contributed by atoms with Gasteiger partial charge < -0.3 is 9.88 Å². The van der Waals surface area contributed by atoms with E-state index in [1.807, 2.05) is 4.90 Å². The van der Waals surface area contributed by atoms with Gasteiger partial charge in [-0.25, -0.2) is 4.79 Å². The molecule has 0 unspecified atom stereocenters. The normalized spacial score (nSPS) is 14.9. The van der Waals surface area contributed by atoms with Gasteiger partial charge in [0.05, 0.1) is 19.4 Å². The zero-order valence-corrected chi connectivity index (χ0v) is 8.41. The largest absolute Gasteiger partial charge is 0.355 e. The van der Waals surface area contributed by atoms with Crippen LogP contribution in [0, 0.1) is 6.92 Å². The van der Waals surface area contributed by atoms with E-state index >= 15 is 0 Å². The van der Waals surface area contributed by atoms with Crippen molar-refractivity contribution in [2.45, 2.75) is 13.5 Å². The van der Waals surface area contributed by atoms with Crippen molar-refractivity contribution in [2.24, 2.45) is 4.99 Å². The molecule has 0 atom stereocenters. The lowest BCUT2D eigenvalue weighted by molar-refractivity contribution is 0.453. The molecule has 1 aromatic rings. The number of aliphatic imine (C=N–C) groups is 1. The number of H-pyrrole nitrogens is 2. The average Bonchev–Trinajstić information content (AvgIpc) is 2.66. The Morgan fingerprint density at radius 2 is 2.27 bits per heavy atom. The molecule has 1 aliphatic rings. The Labute approximate surface area is 85.7 Å². The highest BCUT2D eigenvalue weighted by Crippen LogP contribution is 2.03. The Morgan fingerprint density at radius 3 is 2.93 bits per heavy atom. The van der Waals surface area contributed by atoms with Crippen LogP contribution in [-0.4, -0.2) is 34.3 Å². The fraction of sp³-hybridized carbons (Fsp3) is 0.444. The summed E-state index contributed by atoms with van der Waals surface area (Å²) in [6.45, 7) is 3.81. The zero-order valence-electron chi connectivity index (χ0n) is 8.41. The van der Waals surface area contributed by atoms with E-state index in [0.29, 0.717) is 17.8 Å². The van der Waals surface area contributed by atoms with Gasteiger partial charge in [-0.3, -0.25) is 14.8 Å². The van der Waals surface area contributed by atoms with Crippen LogP contribution < -0.4 is 11.2 Å². The van der Waals surface area contributed by atoms with Crippen molar-refractivity contribution in [3.8, 4) is 0 Å². The van der Waals surface area contributed by atoms with Crippen LogP contribution in [0.3, 0.4) is 0 Å². The fourth-order valence-electron chi connectivity index (χ4n) is 1.49. The van der Waals surface area contributed by atoms with E-state index in [-0.39, 0.29) is 5.56 Å². The van der Waals surface area contributed by atoms with E-state index in [4.69, 9.17) is 0 Å². The Balaban J connectivity index is 2.31. The first-order valence-corrected chi connectivity index (χ1v) is 4.73. The van der Waals surface area contributed by atoms with Gasteiger partial charge in [0, 0.05) is 17.8 Å². The van der Waals surface area contributed by atoms with Crippen molar-refractivity contribution in [1.29, 1.82) is 0 Å². The molecule has 0 spiro atoms. The van der Waals surface area contributed by atoms with Crippen LogP contribution in [-0.2, 0) is 6.54 Å². The molecule has 2 heterocycles. The van der Waals surface area contributed by atoms with Crippen molar-refractivity contribution < 1.29 is 0 Å². The highest BCUT2D eigenvalue weighted by atomic mass is 16.2. The Kier molecular flexibility index (Phi) is 2.40. The minimum absolute atomic E-state index is 0.329. The van der Waals surface area contributed by atoms with Crippen LogP contribution in [0.25, 0.3) is 0 Å². The lowest BCUT2D eigenvalue weighted by Crippen LogP contribution is -2.30. The molecule has 0 radical (unpaired) electrons. The molecule has 1 aromatic heterocycles. The molecule has 0 aromatic carbocycles. The van der Waals surface area contributed by atoms with Crippen LogP contribution >= 0.6 is 0 Å². The molecule has 2 N–H and O–H groups in total. The van der Waals surface area contributed by atoms with Crippen molar-refractivity contribution in [2.75, 3.05) is 13.1 Å². The smallest absolute Gasteiger partial charge is 0.325 e. The van der Waals surface area contributed by atoms with E-state index in [2.05, 4.69) is 15.0 Å². The van der Waals surface area contributed by atoms with Crippen molar-refractivity contribution >= 4 is 6.34 Å². The summed E-state index contributed by atoms with van der Waals surface area (Å²) in [7, 11) is 0. The standard InChI is InChI=1S/C9H12N4O2/c1-6-7(4-13-3-2-10-5-13)11-9(15)12-8(6)14/h5H,2-4H2,1H3,(H2,11,12,14,15). The van der Waals surface area contributed by atoms with Gasteiger partial charge in [0.1, 0.15) is 0 Å². The second-order valence-corrected chi connectivity index (χ2v) is 3.50. The lowest BCUT2D eigenvalue weighted by atomic mass is 10.2. The second kappa shape index (κ2) is 3.72. The van der Waals surface area contributed by atoms with E-state index in [1.165, 1.54) is 0 Å². The van der Waals surface area contributed by atoms with Gasteiger partial charge in [0.25, 0.3) is 5.56 Å². The topological polar surface area (TPSA) is 81.3 Å². The SMILES string of the molecule is Cc1c(CN2C=NCC2)[nH]c(=O)[nH]c1=O. The van der Waals surface area contributed by atoms with E-state index in [0.717, 1.165) is 13.1 Å². The van der Waals surface area contributed by atoms with Crippen molar-refractivity contribution in [1.82, 2.24) is 14.9 Å².